The number of nitrogens with one attached hydrogen (secondary N) is 2. The summed E-state index contributed by atoms with van der Waals surface area (Å²) in [6, 6.07) is 26.8. The Morgan fingerprint density at radius 2 is 1.58 bits per heavy atom. The lowest BCUT2D eigenvalue weighted by atomic mass is 10.1. The van der Waals surface area contributed by atoms with Gasteiger partial charge in [0.2, 0.25) is 0 Å². The maximum absolute atomic E-state index is 12.9. The van der Waals surface area contributed by atoms with Gasteiger partial charge in [0.15, 0.2) is 5.11 Å². The Bertz CT molecular complexity index is 1300. The standard InChI is InChI=1S/C28H29N3OS/c1-20-15-21(2)26-24(16-20)17-25(27(32)30-26)19-31(18-23-11-7-4-8-12-23)28(33)29-14-13-22-9-5-3-6-10-22/h3-12,15-17H,13-14,18-19H2,1-2H3,(H,29,33)(H,30,32). The predicted molar refractivity (Wildman–Crippen MR) is 140 cm³/mol. The fraction of sp³-hybridized carbons (Fsp3) is 0.214. The van der Waals surface area contributed by atoms with E-state index < -0.39 is 0 Å². The summed E-state index contributed by atoms with van der Waals surface area (Å²) in [7, 11) is 0. The third-order valence-corrected chi connectivity index (χ3v) is 6.17. The van der Waals surface area contributed by atoms with Crippen LogP contribution in [0.4, 0.5) is 0 Å². The summed E-state index contributed by atoms with van der Waals surface area (Å²) in [5.74, 6) is 0. The first-order chi connectivity index (χ1) is 16.0. The Morgan fingerprint density at radius 1 is 0.909 bits per heavy atom. The molecule has 0 amide bonds. The van der Waals surface area contributed by atoms with Gasteiger partial charge in [-0.05, 0) is 66.7 Å². The van der Waals surface area contributed by atoms with Crippen LogP contribution in [0.15, 0.2) is 83.7 Å². The molecule has 1 heterocycles. The van der Waals surface area contributed by atoms with Crippen molar-refractivity contribution >= 4 is 28.2 Å². The summed E-state index contributed by atoms with van der Waals surface area (Å²) in [5, 5.41) is 5.09. The van der Waals surface area contributed by atoms with Gasteiger partial charge in [-0.2, -0.15) is 0 Å². The number of thiocarbonyl (C=S) groups is 1. The summed E-state index contributed by atoms with van der Waals surface area (Å²) in [5.41, 5.74) is 6.20. The van der Waals surface area contributed by atoms with Gasteiger partial charge >= 0.3 is 0 Å². The first-order valence-electron chi connectivity index (χ1n) is 11.2. The van der Waals surface area contributed by atoms with Crippen LogP contribution in [0.3, 0.4) is 0 Å². The molecule has 0 radical (unpaired) electrons. The van der Waals surface area contributed by atoms with E-state index in [4.69, 9.17) is 12.2 Å². The number of aromatic amines is 1. The fourth-order valence-electron chi connectivity index (χ4n) is 4.13. The van der Waals surface area contributed by atoms with Crippen molar-refractivity contribution in [2.24, 2.45) is 0 Å². The Morgan fingerprint density at radius 3 is 2.27 bits per heavy atom. The third kappa shape index (κ3) is 5.88. The van der Waals surface area contributed by atoms with Crippen LogP contribution in [0.1, 0.15) is 27.8 Å². The number of aromatic nitrogens is 1. The number of fused-ring (bicyclic) bond motifs is 1. The zero-order chi connectivity index (χ0) is 23.2. The molecule has 0 aliphatic rings. The molecule has 0 saturated carbocycles. The molecule has 0 aliphatic carbocycles. The van der Waals surface area contributed by atoms with Crippen molar-refractivity contribution in [2.45, 2.75) is 33.4 Å². The van der Waals surface area contributed by atoms with Crippen molar-refractivity contribution in [3.63, 3.8) is 0 Å². The average molecular weight is 456 g/mol. The highest BCUT2D eigenvalue weighted by molar-refractivity contribution is 7.80. The van der Waals surface area contributed by atoms with Crippen molar-refractivity contribution in [1.29, 1.82) is 0 Å². The smallest absolute Gasteiger partial charge is 0.253 e. The quantitative estimate of drug-likeness (QED) is 0.373. The highest BCUT2D eigenvalue weighted by atomic mass is 32.1. The number of hydrogen-bond donors (Lipinski definition) is 2. The molecule has 0 spiro atoms. The predicted octanol–water partition coefficient (Wildman–Crippen LogP) is 5.26. The van der Waals surface area contributed by atoms with Crippen LogP contribution in [-0.4, -0.2) is 21.5 Å². The zero-order valence-corrected chi connectivity index (χ0v) is 19.9. The number of H-pyrrole nitrogens is 1. The van der Waals surface area contributed by atoms with Gasteiger partial charge in [-0.25, -0.2) is 0 Å². The molecule has 0 fully saturated rings. The van der Waals surface area contributed by atoms with E-state index in [-0.39, 0.29) is 5.56 Å². The third-order valence-electron chi connectivity index (χ3n) is 5.77. The number of aryl methyl sites for hydroxylation is 2. The second-order valence-corrected chi connectivity index (χ2v) is 8.87. The highest BCUT2D eigenvalue weighted by Gasteiger charge is 2.14. The normalized spacial score (nSPS) is 10.8. The second-order valence-electron chi connectivity index (χ2n) is 8.48. The minimum Gasteiger partial charge on any atom is -0.362 e. The van der Waals surface area contributed by atoms with Crippen molar-refractivity contribution < 1.29 is 0 Å². The van der Waals surface area contributed by atoms with Crippen molar-refractivity contribution in [1.82, 2.24) is 15.2 Å². The summed E-state index contributed by atoms with van der Waals surface area (Å²) in [6.45, 7) is 5.90. The molecule has 0 bridgehead atoms. The van der Waals surface area contributed by atoms with Crippen molar-refractivity contribution in [2.75, 3.05) is 6.54 Å². The van der Waals surface area contributed by atoms with E-state index in [0.717, 1.165) is 35.0 Å². The molecule has 4 nitrogen and oxygen atoms in total. The van der Waals surface area contributed by atoms with Crippen LogP contribution < -0.4 is 10.9 Å². The zero-order valence-electron chi connectivity index (χ0n) is 19.1. The first-order valence-corrected chi connectivity index (χ1v) is 11.6. The maximum atomic E-state index is 12.9. The van der Waals surface area contributed by atoms with E-state index >= 15 is 0 Å². The molecule has 33 heavy (non-hydrogen) atoms. The molecule has 1 aromatic heterocycles. The van der Waals surface area contributed by atoms with E-state index in [0.29, 0.717) is 23.8 Å². The summed E-state index contributed by atoms with van der Waals surface area (Å²) in [6.07, 6.45) is 0.884. The summed E-state index contributed by atoms with van der Waals surface area (Å²) in [4.78, 5) is 18.1. The molecule has 0 saturated heterocycles. The number of benzene rings is 3. The summed E-state index contributed by atoms with van der Waals surface area (Å²) >= 11 is 5.77. The molecule has 0 atom stereocenters. The lowest BCUT2D eigenvalue weighted by Crippen LogP contribution is -2.40. The minimum absolute atomic E-state index is 0.0698. The Kier molecular flexibility index (Phi) is 7.20. The van der Waals surface area contributed by atoms with Gasteiger partial charge in [0, 0.05) is 18.7 Å². The molecule has 3 aromatic carbocycles. The number of hydrogen-bond acceptors (Lipinski definition) is 2. The van der Waals surface area contributed by atoms with Gasteiger partial charge in [0.1, 0.15) is 0 Å². The molecule has 4 aromatic rings. The van der Waals surface area contributed by atoms with Gasteiger partial charge in [-0.3, -0.25) is 4.79 Å². The van der Waals surface area contributed by atoms with E-state index in [1.807, 2.05) is 49.4 Å². The van der Waals surface area contributed by atoms with E-state index in [9.17, 15) is 4.79 Å². The van der Waals surface area contributed by atoms with Crippen LogP contribution in [0, 0.1) is 13.8 Å². The second kappa shape index (κ2) is 10.5. The van der Waals surface area contributed by atoms with E-state index in [2.05, 4.69) is 58.5 Å². The molecule has 168 valence electrons. The Hall–Kier alpha value is -3.44. The molecule has 0 unspecified atom stereocenters. The Balaban J connectivity index is 1.56. The lowest BCUT2D eigenvalue weighted by molar-refractivity contribution is 0.398. The average Bonchev–Trinajstić information content (AvgIpc) is 2.81. The SMILES string of the molecule is Cc1cc(C)c2[nH]c(=O)c(CN(Cc3ccccc3)C(=S)NCCc3ccccc3)cc2c1. The van der Waals surface area contributed by atoms with Crippen molar-refractivity contribution in [3.05, 3.63) is 117 Å². The first kappa shape index (κ1) is 22.7. The Labute approximate surface area is 200 Å². The molecule has 2 N–H and O–H groups in total. The topological polar surface area (TPSA) is 48.1 Å². The number of nitrogens with zero attached hydrogens (tertiary/aromatic N) is 1. The van der Waals surface area contributed by atoms with Crippen LogP contribution in [-0.2, 0) is 19.5 Å². The molecule has 5 heteroatoms. The van der Waals surface area contributed by atoms with E-state index in [1.165, 1.54) is 11.1 Å². The van der Waals surface area contributed by atoms with Gasteiger partial charge in [-0.1, -0.05) is 72.3 Å². The van der Waals surface area contributed by atoms with Crippen molar-refractivity contribution in [3.8, 4) is 0 Å². The molecule has 4 rings (SSSR count). The number of pyridine rings is 1. The van der Waals surface area contributed by atoms with E-state index in [1.54, 1.807) is 0 Å². The molecule has 0 aliphatic heterocycles. The molecular formula is C28H29N3OS. The van der Waals surface area contributed by atoms with Crippen LogP contribution in [0.5, 0.6) is 0 Å². The van der Waals surface area contributed by atoms with Gasteiger partial charge in [0.05, 0.1) is 12.1 Å². The fourth-order valence-corrected chi connectivity index (χ4v) is 4.36. The van der Waals surface area contributed by atoms with Crippen LogP contribution >= 0.6 is 12.2 Å². The van der Waals surface area contributed by atoms with Gasteiger partial charge < -0.3 is 15.2 Å². The highest BCUT2D eigenvalue weighted by Crippen LogP contribution is 2.19. The maximum Gasteiger partial charge on any atom is 0.253 e. The largest absolute Gasteiger partial charge is 0.362 e. The van der Waals surface area contributed by atoms with Gasteiger partial charge in [0.25, 0.3) is 5.56 Å². The minimum atomic E-state index is -0.0698. The van der Waals surface area contributed by atoms with Crippen LogP contribution in [0.2, 0.25) is 0 Å². The lowest BCUT2D eigenvalue weighted by Gasteiger charge is -2.26. The monoisotopic (exact) mass is 455 g/mol. The summed E-state index contributed by atoms with van der Waals surface area (Å²) < 4.78 is 0. The molecular weight excluding hydrogens is 426 g/mol. The van der Waals surface area contributed by atoms with Gasteiger partial charge in [-0.15, -0.1) is 0 Å². The van der Waals surface area contributed by atoms with Crippen LogP contribution in [0.25, 0.3) is 10.9 Å². The number of rotatable bonds is 7.